The number of hydrogen-bond acceptors (Lipinski definition) is 5. The second-order valence-corrected chi connectivity index (χ2v) is 5.99. The summed E-state index contributed by atoms with van der Waals surface area (Å²) < 4.78 is 10.6. The number of piperidine rings is 1. The molecule has 1 aliphatic rings. The minimum Gasteiger partial charge on any atom is -0.493 e. The van der Waals surface area contributed by atoms with E-state index in [0.717, 1.165) is 5.56 Å². The van der Waals surface area contributed by atoms with Crippen molar-refractivity contribution < 1.29 is 19.1 Å². The van der Waals surface area contributed by atoms with Crippen LogP contribution < -0.4 is 20.1 Å². The number of hydrogen-bond donors (Lipinski definition) is 2. The average molecular weight is 355 g/mol. The SMILES string of the molecule is COc1ccc(C2NC(=O)CCC2NC(=O)c2ccccn2)cc1OC. The first-order valence-electron chi connectivity index (χ1n) is 8.35. The van der Waals surface area contributed by atoms with Gasteiger partial charge in [-0.3, -0.25) is 14.6 Å². The molecule has 0 aliphatic carbocycles. The van der Waals surface area contributed by atoms with Gasteiger partial charge in [-0.25, -0.2) is 0 Å². The Hall–Kier alpha value is -3.09. The van der Waals surface area contributed by atoms with Crippen molar-refractivity contribution in [2.24, 2.45) is 0 Å². The molecule has 3 rings (SSSR count). The lowest BCUT2D eigenvalue weighted by Gasteiger charge is -2.33. The van der Waals surface area contributed by atoms with Crippen molar-refractivity contribution in [3.63, 3.8) is 0 Å². The van der Waals surface area contributed by atoms with Gasteiger partial charge in [0, 0.05) is 12.6 Å². The van der Waals surface area contributed by atoms with E-state index in [0.29, 0.717) is 30.0 Å². The van der Waals surface area contributed by atoms with E-state index in [1.54, 1.807) is 44.7 Å². The first kappa shape index (κ1) is 17.7. The smallest absolute Gasteiger partial charge is 0.270 e. The quantitative estimate of drug-likeness (QED) is 0.854. The average Bonchev–Trinajstić information content (AvgIpc) is 2.69. The number of aromatic nitrogens is 1. The van der Waals surface area contributed by atoms with Crippen molar-refractivity contribution in [3.8, 4) is 11.5 Å². The molecule has 1 aromatic heterocycles. The summed E-state index contributed by atoms with van der Waals surface area (Å²) in [5, 5.41) is 5.94. The van der Waals surface area contributed by atoms with Gasteiger partial charge in [-0.1, -0.05) is 12.1 Å². The highest BCUT2D eigenvalue weighted by molar-refractivity contribution is 5.92. The minimum absolute atomic E-state index is 0.0480. The Morgan fingerprint density at radius 1 is 1.19 bits per heavy atom. The maximum Gasteiger partial charge on any atom is 0.270 e. The van der Waals surface area contributed by atoms with Crippen LogP contribution in [0.15, 0.2) is 42.6 Å². The van der Waals surface area contributed by atoms with Crippen LogP contribution in [0.1, 0.15) is 34.9 Å². The molecule has 136 valence electrons. The Morgan fingerprint density at radius 2 is 2.00 bits per heavy atom. The van der Waals surface area contributed by atoms with Crippen LogP contribution in [-0.4, -0.2) is 37.1 Å². The molecule has 2 N–H and O–H groups in total. The van der Waals surface area contributed by atoms with Gasteiger partial charge in [-0.15, -0.1) is 0 Å². The van der Waals surface area contributed by atoms with Crippen LogP contribution in [0.25, 0.3) is 0 Å². The van der Waals surface area contributed by atoms with Gasteiger partial charge in [0.05, 0.1) is 26.3 Å². The highest BCUT2D eigenvalue weighted by Crippen LogP contribution is 2.33. The third kappa shape index (κ3) is 3.77. The number of rotatable bonds is 5. The van der Waals surface area contributed by atoms with Gasteiger partial charge >= 0.3 is 0 Å². The van der Waals surface area contributed by atoms with E-state index in [9.17, 15) is 9.59 Å². The number of nitrogens with zero attached hydrogens (tertiary/aromatic N) is 1. The maximum absolute atomic E-state index is 12.5. The van der Waals surface area contributed by atoms with E-state index in [2.05, 4.69) is 15.6 Å². The van der Waals surface area contributed by atoms with E-state index in [1.807, 2.05) is 12.1 Å². The molecule has 26 heavy (non-hydrogen) atoms. The second kappa shape index (κ2) is 7.86. The lowest BCUT2D eigenvalue weighted by Crippen LogP contribution is -2.50. The van der Waals surface area contributed by atoms with Crippen LogP contribution in [-0.2, 0) is 4.79 Å². The summed E-state index contributed by atoms with van der Waals surface area (Å²) in [4.78, 5) is 28.5. The largest absolute Gasteiger partial charge is 0.493 e. The van der Waals surface area contributed by atoms with Crippen LogP contribution >= 0.6 is 0 Å². The molecule has 1 fully saturated rings. The molecule has 2 amide bonds. The Bertz CT molecular complexity index is 795. The van der Waals surface area contributed by atoms with E-state index >= 15 is 0 Å². The molecule has 0 bridgehead atoms. The molecule has 0 radical (unpaired) electrons. The van der Waals surface area contributed by atoms with Gasteiger partial charge in [0.15, 0.2) is 11.5 Å². The number of amides is 2. The number of ether oxygens (including phenoxy) is 2. The van der Waals surface area contributed by atoms with Crippen LogP contribution in [0, 0.1) is 0 Å². The third-order valence-corrected chi connectivity index (χ3v) is 4.38. The molecule has 1 aliphatic heterocycles. The fraction of sp³-hybridized carbons (Fsp3) is 0.316. The zero-order chi connectivity index (χ0) is 18.5. The number of nitrogens with one attached hydrogen (secondary N) is 2. The number of carbonyl (C=O) groups is 2. The van der Waals surface area contributed by atoms with Gasteiger partial charge in [0.1, 0.15) is 5.69 Å². The van der Waals surface area contributed by atoms with Gasteiger partial charge in [-0.05, 0) is 36.2 Å². The van der Waals surface area contributed by atoms with Gasteiger partial charge in [0.25, 0.3) is 5.91 Å². The molecule has 1 saturated heterocycles. The molecule has 0 spiro atoms. The fourth-order valence-corrected chi connectivity index (χ4v) is 3.06. The molecule has 1 aromatic carbocycles. The van der Waals surface area contributed by atoms with Gasteiger partial charge in [0.2, 0.25) is 5.91 Å². The molecule has 7 nitrogen and oxygen atoms in total. The lowest BCUT2D eigenvalue weighted by atomic mass is 9.91. The zero-order valence-electron chi connectivity index (χ0n) is 14.7. The normalized spacial score (nSPS) is 19.4. The summed E-state index contributed by atoms with van der Waals surface area (Å²) in [5.41, 5.74) is 1.18. The number of carbonyl (C=O) groups excluding carboxylic acids is 2. The second-order valence-electron chi connectivity index (χ2n) is 5.99. The standard InChI is InChI=1S/C19H21N3O4/c1-25-15-8-6-12(11-16(15)26-2)18-13(7-9-17(23)22-18)21-19(24)14-5-3-4-10-20-14/h3-6,8,10-11,13,18H,7,9H2,1-2H3,(H,21,24)(H,22,23). The first-order chi connectivity index (χ1) is 12.6. The topological polar surface area (TPSA) is 89.6 Å². The zero-order valence-corrected chi connectivity index (χ0v) is 14.7. The van der Waals surface area contributed by atoms with Crippen molar-refractivity contribution in [2.45, 2.75) is 24.9 Å². The Morgan fingerprint density at radius 3 is 2.69 bits per heavy atom. The molecule has 2 heterocycles. The molecular weight excluding hydrogens is 334 g/mol. The van der Waals surface area contributed by atoms with E-state index < -0.39 is 0 Å². The van der Waals surface area contributed by atoms with Crippen molar-refractivity contribution in [1.82, 2.24) is 15.6 Å². The molecule has 2 aromatic rings. The lowest BCUT2D eigenvalue weighted by molar-refractivity contribution is -0.123. The Balaban J connectivity index is 1.85. The molecule has 2 atom stereocenters. The summed E-state index contributed by atoms with van der Waals surface area (Å²) in [5.74, 6) is 0.859. The Labute approximate surface area is 151 Å². The van der Waals surface area contributed by atoms with Crippen LogP contribution in [0.5, 0.6) is 11.5 Å². The van der Waals surface area contributed by atoms with Crippen molar-refractivity contribution >= 4 is 11.8 Å². The third-order valence-electron chi connectivity index (χ3n) is 4.38. The van der Waals surface area contributed by atoms with E-state index in [-0.39, 0.29) is 23.9 Å². The summed E-state index contributed by atoms with van der Waals surface area (Å²) in [7, 11) is 3.12. The molecule has 7 heteroatoms. The highest BCUT2D eigenvalue weighted by atomic mass is 16.5. The first-order valence-corrected chi connectivity index (χ1v) is 8.35. The molecule has 0 saturated carbocycles. The number of methoxy groups -OCH3 is 2. The van der Waals surface area contributed by atoms with E-state index in [1.165, 1.54) is 0 Å². The van der Waals surface area contributed by atoms with Crippen LogP contribution in [0.4, 0.5) is 0 Å². The van der Waals surface area contributed by atoms with Gasteiger partial charge < -0.3 is 20.1 Å². The maximum atomic E-state index is 12.5. The Kier molecular flexibility index (Phi) is 5.36. The number of benzene rings is 1. The predicted octanol–water partition coefficient (Wildman–Crippen LogP) is 1.85. The molecule has 2 unspecified atom stereocenters. The minimum atomic E-state index is -0.358. The van der Waals surface area contributed by atoms with Crippen LogP contribution in [0.3, 0.4) is 0 Å². The predicted molar refractivity (Wildman–Crippen MR) is 95.2 cm³/mol. The highest BCUT2D eigenvalue weighted by Gasteiger charge is 2.32. The molecular formula is C19H21N3O4. The van der Waals surface area contributed by atoms with Crippen LogP contribution in [0.2, 0.25) is 0 Å². The van der Waals surface area contributed by atoms with E-state index in [4.69, 9.17) is 9.47 Å². The monoisotopic (exact) mass is 355 g/mol. The fourth-order valence-electron chi connectivity index (χ4n) is 3.06. The summed E-state index contributed by atoms with van der Waals surface area (Å²) >= 11 is 0. The summed E-state index contributed by atoms with van der Waals surface area (Å²) in [6.45, 7) is 0. The summed E-state index contributed by atoms with van der Waals surface area (Å²) in [6, 6.07) is 10.0. The van der Waals surface area contributed by atoms with Gasteiger partial charge in [-0.2, -0.15) is 0 Å². The van der Waals surface area contributed by atoms with Crippen molar-refractivity contribution in [1.29, 1.82) is 0 Å². The number of pyridine rings is 1. The van der Waals surface area contributed by atoms with Crippen molar-refractivity contribution in [3.05, 3.63) is 53.9 Å². The van der Waals surface area contributed by atoms with Crippen molar-refractivity contribution in [2.75, 3.05) is 14.2 Å². The summed E-state index contributed by atoms with van der Waals surface area (Å²) in [6.07, 6.45) is 2.48.